The fourth-order valence-corrected chi connectivity index (χ4v) is 2.94. The second-order valence-corrected chi connectivity index (χ2v) is 7.38. The van der Waals surface area contributed by atoms with Crippen molar-refractivity contribution in [1.29, 1.82) is 0 Å². The summed E-state index contributed by atoms with van der Waals surface area (Å²) >= 11 is 0. The second-order valence-electron chi connectivity index (χ2n) is 7.38. The van der Waals surface area contributed by atoms with Crippen LogP contribution in [-0.4, -0.2) is 38.1 Å². The minimum atomic E-state index is -0.352. The lowest BCUT2D eigenvalue weighted by Gasteiger charge is -2.22. The minimum absolute atomic E-state index is 0.0588. The van der Waals surface area contributed by atoms with Gasteiger partial charge in [-0.2, -0.15) is 15.3 Å². The van der Waals surface area contributed by atoms with Crippen molar-refractivity contribution in [1.82, 2.24) is 25.7 Å². The summed E-state index contributed by atoms with van der Waals surface area (Å²) < 4.78 is 5.53. The smallest absolute Gasteiger partial charge is 0.407 e. The monoisotopic (exact) mass is 344 g/mol. The fraction of sp³-hybridized carbons (Fsp3) is 0.529. The van der Waals surface area contributed by atoms with Crippen molar-refractivity contribution in [2.75, 3.05) is 5.32 Å². The first kappa shape index (κ1) is 17.2. The summed E-state index contributed by atoms with van der Waals surface area (Å²) in [5.41, 5.74) is 1.59. The molecule has 8 nitrogen and oxygen atoms in total. The van der Waals surface area contributed by atoms with Crippen LogP contribution in [0, 0.1) is 0 Å². The normalized spacial score (nSPS) is 20.3. The number of rotatable bonds is 4. The molecule has 1 aliphatic carbocycles. The maximum absolute atomic E-state index is 11.9. The summed E-state index contributed by atoms with van der Waals surface area (Å²) in [6.07, 6.45) is 5.48. The first-order valence-corrected chi connectivity index (χ1v) is 8.47. The zero-order valence-electron chi connectivity index (χ0n) is 14.7. The number of H-pyrrole nitrogens is 1. The highest BCUT2D eigenvalue weighted by Gasteiger charge is 2.30. The lowest BCUT2D eigenvalue weighted by atomic mass is 10.0. The van der Waals surface area contributed by atoms with Crippen LogP contribution in [0.4, 0.5) is 16.3 Å². The van der Waals surface area contributed by atoms with Crippen molar-refractivity contribution in [3.05, 3.63) is 30.2 Å². The molecule has 2 atom stereocenters. The Kier molecular flexibility index (Phi) is 4.87. The van der Waals surface area contributed by atoms with E-state index in [1.165, 1.54) is 0 Å². The van der Waals surface area contributed by atoms with Gasteiger partial charge in [-0.1, -0.05) is 0 Å². The zero-order valence-corrected chi connectivity index (χ0v) is 14.7. The highest BCUT2D eigenvalue weighted by molar-refractivity contribution is 5.68. The van der Waals surface area contributed by atoms with Crippen LogP contribution in [0.2, 0.25) is 0 Å². The van der Waals surface area contributed by atoms with Gasteiger partial charge in [-0.25, -0.2) is 4.79 Å². The highest BCUT2D eigenvalue weighted by Crippen LogP contribution is 2.36. The third-order valence-corrected chi connectivity index (χ3v) is 4.03. The topological polar surface area (TPSA) is 105 Å². The van der Waals surface area contributed by atoms with E-state index in [1.54, 1.807) is 12.4 Å². The summed E-state index contributed by atoms with van der Waals surface area (Å²) in [6, 6.07) is 3.82. The molecule has 2 aromatic rings. The van der Waals surface area contributed by atoms with Gasteiger partial charge in [-0.15, -0.1) is 0 Å². The molecule has 0 saturated heterocycles. The van der Waals surface area contributed by atoms with E-state index in [4.69, 9.17) is 4.74 Å². The predicted octanol–water partition coefficient (Wildman–Crippen LogP) is 3.10. The third kappa shape index (κ3) is 4.91. The number of anilines is 2. The molecule has 0 aliphatic heterocycles. The maximum atomic E-state index is 11.9. The third-order valence-electron chi connectivity index (χ3n) is 4.03. The number of nitrogens with one attached hydrogen (secondary N) is 3. The Hall–Kier alpha value is -2.64. The number of nitrogens with zero attached hydrogens (tertiary/aromatic N) is 3. The Morgan fingerprint density at radius 1 is 1.32 bits per heavy atom. The van der Waals surface area contributed by atoms with Crippen molar-refractivity contribution in [3.63, 3.8) is 0 Å². The van der Waals surface area contributed by atoms with Crippen molar-refractivity contribution in [3.8, 4) is 0 Å². The SMILES string of the molecule is CC(C)(C)NC(=O)O[C@@H]1CC[C@H](c2cc(Nc3ccnnc3)n[nH]2)C1. The Morgan fingerprint density at radius 3 is 2.88 bits per heavy atom. The van der Waals surface area contributed by atoms with E-state index < -0.39 is 0 Å². The molecule has 3 N–H and O–H groups in total. The molecule has 2 heterocycles. The second kappa shape index (κ2) is 7.08. The van der Waals surface area contributed by atoms with E-state index in [0.717, 1.165) is 36.5 Å². The molecular formula is C17H24N6O2. The summed E-state index contributed by atoms with van der Waals surface area (Å²) in [6.45, 7) is 5.80. The Morgan fingerprint density at radius 2 is 2.16 bits per heavy atom. The van der Waals surface area contributed by atoms with Gasteiger partial charge >= 0.3 is 6.09 Å². The number of hydrogen-bond acceptors (Lipinski definition) is 6. The summed E-state index contributed by atoms with van der Waals surface area (Å²) in [5.74, 6) is 1.05. The molecule has 1 saturated carbocycles. The summed E-state index contributed by atoms with van der Waals surface area (Å²) in [7, 11) is 0. The molecule has 8 heteroatoms. The molecule has 0 unspecified atom stereocenters. The van der Waals surface area contributed by atoms with Crippen LogP contribution < -0.4 is 10.6 Å². The number of alkyl carbamates (subject to hydrolysis) is 1. The zero-order chi connectivity index (χ0) is 17.9. The van der Waals surface area contributed by atoms with Crippen molar-refractivity contribution in [2.24, 2.45) is 0 Å². The Balaban J connectivity index is 1.53. The number of ether oxygens (including phenoxy) is 1. The molecule has 0 aromatic carbocycles. The molecule has 3 rings (SSSR count). The van der Waals surface area contributed by atoms with Crippen LogP contribution >= 0.6 is 0 Å². The lowest BCUT2D eigenvalue weighted by Crippen LogP contribution is -2.42. The van der Waals surface area contributed by atoms with Gasteiger partial charge < -0.3 is 15.4 Å². The molecule has 2 aromatic heterocycles. The molecule has 1 aliphatic rings. The van der Waals surface area contributed by atoms with Gasteiger partial charge in [-0.3, -0.25) is 5.10 Å². The number of hydrogen-bond donors (Lipinski definition) is 3. The molecule has 25 heavy (non-hydrogen) atoms. The molecule has 1 fully saturated rings. The van der Waals surface area contributed by atoms with Crippen molar-refractivity contribution < 1.29 is 9.53 Å². The molecule has 0 bridgehead atoms. The average Bonchev–Trinajstić information content (AvgIpc) is 3.15. The summed E-state index contributed by atoms with van der Waals surface area (Å²) in [4.78, 5) is 11.9. The number of carbonyl (C=O) groups excluding carboxylic acids is 1. The lowest BCUT2D eigenvalue weighted by molar-refractivity contribution is 0.0937. The number of carbonyl (C=O) groups is 1. The molecular weight excluding hydrogens is 320 g/mol. The van der Waals surface area contributed by atoms with Crippen LogP contribution in [0.3, 0.4) is 0 Å². The van der Waals surface area contributed by atoms with E-state index in [9.17, 15) is 4.79 Å². The van der Waals surface area contributed by atoms with Gasteiger partial charge in [0.25, 0.3) is 0 Å². The van der Waals surface area contributed by atoms with E-state index >= 15 is 0 Å². The molecule has 134 valence electrons. The Bertz CT molecular complexity index is 709. The van der Waals surface area contributed by atoms with Gasteiger partial charge in [0.15, 0.2) is 5.82 Å². The van der Waals surface area contributed by atoms with Crippen LogP contribution in [0.1, 0.15) is 51.6 Å². The minimum Gasteiger partial charge on any atom is -0.446 e. The van der Waals surface area contributed by atoms with Gasteiger partial charge in [0.05, 0.1) is 18.1 Å². The van der Waals surface area contributed by atoms with Gasteiger partial charge in [0, 0.05) is 23.2 Å². The van der Waals surface area contributed by atoms with Gasteiger partial charge in [0.1, 0.15) is 6.10 Å². The number of amides is 1. The van der Waals surface area contributed by atoms with Gasteiger partial charge in [0.2, 0.25) is 0 Å². The quantitative estimate of drug-likeness (QED) is 0.787. The van der Waals surface area contributed by atoms with E-state index in [2.05, 4.69) is 31.0 Å². The summed E-state index contributed by atoms with van der Waals surface area (Å²) in [5, 5.41) is 20.9. The first-order chi connectivity index (χ1) is 11.9. The van der Waals surface area contributed by atoms with Crippen LogP contribution in [-0.2, 0) is 4.74 Å². The Labute approximate surface area is 146 Å². The average molecular weight is 344 g/mol. The molecule has 0 radical (unpaired) electrons. The first-order valence-electron chi connectivity index (χ1n) is 8.47. The molecule has 0 spiro atoms. The fourth-order valence-electron chi connectivity index (χ4n) is 2.94. The van der Waals surface area contributed by atoms with Crippen LogP contribution in [0.15, 0.2) is 24.5 Å². The van der Waals surface area contributed by atoms with Crippen LogP contribution in [0.25, 0.3) is 0 Å². The number of aromatic amines is 1. The number of aromatic nitrogens is 4. The van der Waals surface area contributed by atoms with E-state index in [-0.39, 0.29) is 17.7 Å². The van der Waals surface area contributed by atoms with Crippen molar-refractivity contribution in [2.45, 2.75) is 57.6 Å². The molecule has 1 amide bonds. The maximum Gasteiger partial charge on any atom is 0.407 e. The predicted molar refractivity (Wildman–Crippen MR) is 93.7 cm³/mol. The van der Waals surface area contributed by atoms with Gasteiger partial charge in [-0.05, 0) is 46.1 Å². The highest BCUT2D eigenvalue weighted by atomic mass is 16.6. The van der Waals surface area contributed by atoms with Crippen molar-refractivity contribution >= 4 is 17.6 Å². The van der Waals surface area contributed by atoms with E-state index in [1.807, 2.05) is 32.9 Å². The standard InChI is InChI=1S/C17H24N6O2/c1-17(2,3)21-16(24)25-13-5-4-11(8-13)14-9-15(23-22-14)20-12-6-7-18-19-10-12/h6-7,9-11,13H,4-5,8H2,1-3H3,(H,21,24)(H2,18,20,22,23)/t11-,13+/m0/s1. The largest absolute Gasteiger partial charge is 0.446 e. The van der Waals surface area contributed by atoms with Crippen LogP contribution in [0.5, 0.6) is 0 Å². The van der Waals surface area contributed by atoms with E-state index in [0.29, 0.717) is 5.92 Å².